The summed E-state index contributed by atoms with van der Waals surface area (Å²) in [5, 5.41) is 16.6. The Morgan fingerprint density at radius 1 is 1.04 bits per heavy atom. The Kier molecular flexibility index (Phi) is 10.7. The topological polar surface area (TPSA) is 178 Å². The summed E-state index contributed by atoms with van der Waals surface area (Å²) in [5.41, 5.74) is 2.38. The van der Waals surface area contributed by atoms with E-state index in [9.17, 15) is 22.4 Å². The van der Waals surface area contributed by atoms with Crippen LogP contribution in [0.4, 0.5) is 4.39 Å². The highest BCUT2D eigenvalue weighted by Crippen LogP contribution is 2.29. The summed E-state index contributed by atoms with van der Waals surface area (Å²) < 4.78 is 53.8. The molecule has 13 nitrogen and oxygen atoms in total. The monoisotopic (exact) mass is 682 g/mol. The van der Waals surface area contributed by atoms with E-state index in [-0.39, 0.29) is 30.4 Å². The van der Waals surface area contributed by atoms with Gasteiger partial charge in [0.25, 0.3) is 10.0 Å². The molecular formula is C31H31FN6O7S2. The second-order valence-corrected chi connectivity index (χ2v) is 13.1. The third-order valence-electron chi connectivity index (χ3n) is 6.97. The molecule has 0 aliphatic rings. The van der Waals surface area contributed by atoms with Crippen LogP contribution < -0.4 is 19.9 Å². The standard InChI is InChI=1S/C31H31FN6O7S2/c1-43-29(39)17-26(21-5-3-2-4-6-21)34-30(40)27(15-20-7-9-23(10-8-20)44-14-13-32)38-18-22(36-37-38)19-45-24-11-12-25-28(16-24)46-31(35-25)47(33,41)42/h2-12,16,18,26-27H,13-15,17,19H2,1H3,(H,34,40)(H2,33,41,42). The van der Waals surface area contributed by atoms with Crippen molar-refractivity contribution in [2.24, 2.45) is 5.14 Å². The number of primary sulfonamides is 1. The van der Waals surface area contributed by atoms with E-state index in [1.54, 1.807) is 48.7 Å². The molecule has 2 unspecified atom stereocenters. The van der Waals surface area contributed by atoms with Gasteiger partial charge in [0.15, 0.2) is 0 Å². The maximum atomic E-state index is 13.9. The molecule has 0 saturated heterocycles. The number of aromatic nitrogens is 4. The van der Waals surface area contributed by atoms with Crippen LogP contribution in [0.3, 0.4) is 0 Å². The summed E-state index contributed by atoms with van der Waals surface area (Å²) in [6.45, 7) is -0.684. The molecule has 0 fully saturated rings. The van der Waals surface area contributed by atoms with Gasteiger partial charge in [0.05, 0.1) is 36.0 Å². The van der Waals surface area contributed by atoms with Crippen molar-refractivity contribution < 1.29 is 36.6 Å². The van der Waals surface area contributed by atoms with Gasteiger partial charge in [-0.05, 0) is 41.5 Å². The Bertz CT molecular complexity index is 1930. The largest absolute Gasteiger partial charge is 0.491 e. The minimum atomic E-state index is -3.94. The number of nitrogens with two attached hydrogens (primary N) is 1. The molecule has 246 valence electrons. The zero-order valence-corrected chi connectivity index (χ0v) is 26.7. The number of methoxy groups -OCH3 is 1. The molecule has 0 saturated carbocycles. The van der Waals surface area contributed by atoms with Gasteiger partial charge in [-0.25, -0.2) is 27.6 Å². The Hall–Kier alpha value is -4.93. The van der Waals surface area contributed by atoms with E-state index in [0.29, 0.717) is 27.4 Å². The molecule has 2 heterocycles. The zero-order chi connectivity index (χ0) is 33.4. The van der Waals surface area contributed by atoms with Crippen LogP contribution in [0.25, 0.3) is 10.2 Å². The van der Waals surface area contributed by atoms with Crippen molar-refractivity contribution in [1.82, 2.24) is 25.3 Å². The van der Waals surface area contributed by atoms with Crippen LogP contribution >= 0.6 is 11.3 Å². The van der Waals surface area contributed by atoms with Crippen LogP contribution in [0.1, 0.15) is 35.3 Å². The number of carbonyl (C=O) groups is 2. The van der Waals surface area contributed by atoms with Crippen LogP contribution in [0, 0.1) is 0 Å². The summed E-state index contributed by atoms with van der Waals surface area (Å²) in [6, 6.07) is 19.4. The summed E-state index contributed by atoms with van der Waals surface area (Å²) >= 11 is 0.931. The number of nitrogens with zero attached hydrogens (tertiary/aromatic N) is 4. The number of halogens is 1. The van der Waals surface area contributed by atoms with Gasteiger partial charge in [-0.15, -0.1) is 16.4 Å². The summed E-state index contributed by atoms with van der Waals surface area (Å²) in [5.74, 6) is 0.0260. The van der Waals surface area contributed by atoms with E-state index in [1.807, 2.05) is 30.3 Å². The van der Waals surface area contributed by atoms with Gasteiger partial charge in [-0.2, -0.15) is 0 Å². The lowest BCUT2D eigenvalue weighted by molar-refractivity contribution is -0.141. The Morgan fingerprint density at radius 3 is 2.49 bits per heavy atom. The number of ether oxygens (including phenoxy) is 3. The minimum Gasteiger partial charge on any atom is -0.491 e. The summed E-state index contributed by atoms with van der Waals surface area (Å²) in [7, 11) is -2.65. The number of alkyl halides is 1. The second-order valence-electron chi connectivity index (χ2n) is 10.3. The van der Waals surface area contributed by atoms with Gasteiger partial charge in [-0.1, -0.05) is 47.7 Å². The van der Waals surface area contributed by atoms with Crippen molar-refractivity contribution >= 4 is 43.5 Å². The molecule has 1 amide bonds. The lowest BCUT2D eigenvalue weighted by Gasteiger charge is -2.23. The number of amides is 1. The number of sulfonamides is 1. The molecule has 5 rings (SSSR count). The first-order valence-corrected chi connectivity index (χ1v) is 16.7. The maximum absolute atomic E-state index is 13.9. The first-order chi connectivity index (χ1) is 22.6. The van der Waals surface area contributed by atoms with E-state index in [0.717, 1.165) is 22.5 Å². The summed E-state index contributed by atoms with van der Waals surface area (Å²) in [4.78, 5) is 30.2. The Morgan fingerprint density at radius 2 is 1.79 bits per heavy atom. The molecular weight excluding hydrogens is 652 g/mol. The number of carbonyl (C=O) groups excluding carboxylic acids is 2. The predicted octanol–water partition coefficient (Wildman–Crippen LogP) is 3.67. The molecule has 5 aromatic rings. The van der Waals surface area contributed by atoms with Crippen molar-refractivity contribution in [3.05, 3.63) is 95.8 Å². The third kappa shape index (κ3) is 8.87. The quantitative estimate of drug-likeness (QED) is 0.155. The molecule has 0 radical (unpaired) electrons. The summed E-state index contributed by atoms with van der Waals surface area (Å²) in [6.07, 6.45) is 1.71. The van der Waals surface area contributed by atoms with Gasteiger partial charge in [0, 0.05) is 6.42 Å². The fourth-order valence-electron chi connectivity index (χ4n) is 4.65. The number of esters is 1. The predicted molar refractivity (Wildman–Crippen MR) is 170 cm³/mol. The smallest absolute Gasteiger partial charge is 0.307 e. The molecule has 0 aliphatic carbocycles. The van der Waals surface area contributed by atoms with Gasteiger partial charge in [-0.3, -0.25) is 9.59 Å². The lowest BCUT2D eigenvalue weighted by Crippen LogP contribution is -2.37. The van der Waals surface area contributed by atoms with Crippen LogP contribution in [-0.4, -0.2) is 60.7 Å². The molecule has 47 heavy (non-hydrogen) atoms. The molecule has 0 spiro atoms. The van der Waals surface area contributed by atoms with E-state index in [1.165, 1.54) is 11.8 Å². The van der Waals surface area contributed by atoms with Gasteiger partial charge in [0.1, 0.15) is 43.1 Å². The SMILES string of the molecule is COC(=O)CC(NC(=O)C(Cc1ccc(OCCF)cc1)n1cc(COc2ccc3nc(S(N)(=O)=O)sc3c2)nn1)c1ccccc1. The normalized spacial score (nSPS) is 12.7. The van der Waals surface area contributed by atoms with Crippen molar-refractivity contribution in [3.8, 4) is 11.5 Å². The van der Waals surface area contributed by atoms with E-state index >= 15 is 0 Å². The van der Waals surface area contributed by atoms with E-state index in [2.05, 4.69) is 20.6 Å². The van der Waals surface area contributed by atoms with Gasteiger partial charge < -0.3 is 19.5 Å². The zero-order valence-electron chi connectivity index (χ0n) is 25.1. The lowest BCUT2D eigenvalue weighted by atomic mass is 10.0. The number of hydrogen-bond acceptors (Lipinski definition) is 11. The number of nitrogens with one attached hydrogen (secondary N) is 1. The molecule has 3 aromatic carbocycles. The highest BCUT2D eigenvalue weighted by Gasteiger charge is 2.27. The van der Waals surface area contributed by atoms with Crippen molar-refractivity contribution in [2.45, 2.75) is 35.9 Å². The fraction of sp³-hybridized carbons (Fsp3) is 0.258. The highest BCUT2D eigenvalue weighted by molar-refractivity contribution is 7.91. The van der Waals surface area contributed by atoms with Crippen molar-refractivity contribution in [1.29, 1.82) is 0 Å². The first kappa shape index (κ1) is 33.4. The van der Waals surface area contributed by atoms with E-state index < -0.39 is 40.7 Å². The number of fused-ring (bicyclic) bond motifs is 1. The van der Waals surface area contributed by atoms with Gasteiger partial charge in [0.2, 0.25) is 10.2 Å². The van der Waals surface area contributed by atoms with Gasteiger partial charge >= 0.3 is 5.97 Å². The molecule has 3 N–H and O–H groups in total. The van der Waals surface area contributed by atoms with Crippen LogP contribution in [-0.2, 0) is 37.4 Å². The molecule has 0 bridgehead atoms. The third-order valence-corrected chi connectivity index (χ3v) is 9.30. The fourth-order valence-corrected chi connectivity index (χ4v) is 6.33. The van der Waals surface area contributed by atoms with E-state index in [4.69, 9.17) is 19.3 Å². The number of thiazole rings is 1. The van der Waals surface area contributed by atoms with Crippen molar-refractivity contribution in [3.63, 3.8) is 0 Å². The highest BCUT2D eigenvalue weighted by atomic mass is 32.2. The first-order valence-electron chi connectivity index (χ1n) is 14.3. The average molecular weight is 683 g/mol. The number of hydrogen-bond donors (Lipinski definition) is 2. The van der Waals surface area contributed by atoms with Crippen LogP contribution in [0.15, 0.2) is 83.3 Å². The van der Waals surface area contributed by atoms with Crippen molar-refractivity contribution in [2.75, 3.05) is 20.4 Å². The number of rotatable bonds is 15. The number of benzene rings is 3. The Balaban J connectivity index is 1.36. The minimum absolute atomic E-state index is 0.00369. The molecule has 2 aromatic heterocycles. The Labute approximate surface area is 273 Å². The molecule has 16 heteroatoms. The molecule has 2 atom stereocenters. The van der Waals surface area contributed by atoms with Crippen LogP contribution in [0.2, 0.25) is 0 Å². The second kappa shape index (κ2) is 15.1. The maximum Gasteiger partial charge on any atom is 0.307 e. The average Bonchev–Trinajstić information content (AvgIpc) is 3.73. The van der Waals surface area contributed by atoms with Crippen LogP contribution in [0.5, 0.6) is 11.5 Å². The molecule has 0 aliphatic heterocycles.